The minimum Gasteiger partial charge on any atom is -0.510 e. The Morgan fingerprint density at radius 3 is 2.14 bits per heavy atom. The zero-order valence-corrected chi connectivity index (χ0v) is 30.5. The Bertz CT molecular complexity index is 2330. The number of nitrogens with zero attached hydrogens (tertiary/aromatic N) is 3. The Balaban J connectivity index is 0.00000378. The number of aromatic nitrogens is 2. The number of aryl methyl sites for hydroxylation is 2. The SMILES string of the molecule is Cc1cc(C)c(-n2c3[c-]c(-c4cc(C(C)(C)C)ccn4)ccc3c3ccccc32)[c-]c1C1=N[C@H](c2ccccc2)[C@@H](c2ccccc2)O1.[Pt+2]. The van der Waals surface area contributed by atoms with Crippen LogP contribution in [0.25, 0.3) is 38.8 Å². The molecule has 0 bridgehead atoms. The second kappa shape index (κ2) is 12.9. The monoisotopic (exact) mass is 818 g/mol. The number of hydrogen-bond donors (Lipinski definition) is 0. The van der Waals surface area contributed by atoms with Gasteiger partial charge in [0.2, 0.25) is 0 Å². The van der Waals surface area contributed by atoms with Crippen molar-refractivity contribution in [2.75, 3.05) is 0 Å². The third-order valence-corrected chi connectivity index (χ3v) is 9.42. The van der Waals surface area contributed by atoms with Crippen LogP contribution >= 0.6 is 0 Å². The van der Waals surface area contributed by atoms with Crippen LogP contribution < -0.4 is 0 Å². The van der Waals surface area contributed by atoms with Gasteiger partial charge in [0, 0.05) is 11.7 Å². The summed E-state index contributed by atoms with van der Waals surface area (Å²) in [6, 6.07) is 47.7. The first-order valence-electron chi connectivity index (χ1n) is 16.6. The summed E-state index contributed by atoms with van der Waals surface area (Å²) in [6.07, 6.45) is 1.67. The van der Waals surface area contributed by atoms with Crippen LogP contribution in [-0.4, -0.2) is 15.4 Å². The van der Waals surface area contributed by atoms with Gasteiger partial charge in [-0.3, -0.25) is 4.99 Å². The molecule has 3 heterocycles. The standard InChI is InChI=1S/C44H37N3O.Pt/c1-28-24-29(2)39(27-36(28)43-46-41(30-14-8-6-9-15-30)42(48-43)31-16-10-7-11-17-31)47-38-19-13-12-18-34(38)35-21-20-32(25-40(35)47)37-26-33(22-23-45-37)44(3,4)5;/h6-24,26,41-42H,1-5H3;/q-2;+2/t41-,42-;/m1./s1. The van der Waals surface area contributed by atoms with Gasteiger partial charge in [-0.15, -0.1) is 47.0 Å². The minimum atomic E-state index is -0.235. The first-order chi connectivity index (χ1) is 23.3. The van der Waals surface area contributed by atoms with Gasteiger partial charge in [-0.25, -0.2) is 0 Å². The fourth-order valence-corrected chi connectivity index (χ4v) is 6.88. The molecule has 7 aromatic rings. The van der Waals surface area contributed by atoms with Gasteiger partial charge in [-0.2, -0.15) is 0 Å². The molecule has 5 aromatic carbocycles. The summed E-state index contributed by atoms with van der Waals surface area (Å²) < 4.78 is 9.07. The Labute approximate surface area is 302 Å². The van der Waals surface area contributed by atoms with E-state index in [-0.39, 0.29) is 38.6 Å². The summed E-state index contributed by atoms with van der Waals surface area (Å²) in [5.74, 6) is 0.616. The third-order valence-electron chi connectivity index (χ3n) is 9.42. The van der Waals surface area contributed by atoms with Crippen molar-refractivity contribution in [2.24, 2.45) is 4.99 Å². The molecule has 1 aliphatic rings. The number of para-hydroxylation sites is 1. The van der Waals surface area contributed by atoms with Crippen LogP contribution in [0.2, 0.25) is 0 Å². The molecule has 1 aliphatic heterocycles. The molecule has 0 spiro atoms. The van der Waals surface area contributed by atoms with Crippen molar-refractivity contribution in [1.82, 2.24) is 9.55 Å². The number of benzene rings is 5. The Hall–Kier alpha value is -4.79. The molecule has 4 nitrogen and oxygen atoms in total. The summed E-state index contributed by atoms with van der Waals surface area (Å²) in [4.78, 5) is 10.0. The minimum absolute atomic E-state index is 0. The molecule has 0 saturated heterocycles. The molecule has 0 unspecified atom stereocenters. The Kier molecular flexibility index (Phi) is 8.63. The van der Waals surface area contributed by atoms with E-state index in [1.807, 2.05) is 18.3 Å². The second-order valence-corrected chi connectivity index (χ2v) is 13.8. The van der Waals surface area contributed by atoms with Gasteiger partial charge in [0.25, 0.3) is 0 Å². The molecule has 2 atom stereocenters. The van der Waals surface area contributed by atoms with Crippen molar-refractivity contribution in [3.05, 3.63) is 167 Å². The first-order valence-corrected chi connectivity index (χ1v) is 16.6. The van der Waals surface area contributed by atoms with E-state index in [1.165, 1.54) is 10.9 Å². The van der Waals surface area contributed by atoms with Crippen molar-refractivity contribution >= 4 is 27.7 Å². The van der Waals surface area contributed by atoms with E-state index < -0.39 is 0 Å². The maximum absolute atomic E-state index is 6.78. The molecule has 244 valence electrons. The van der Waals surface area contributed by atoms with Crippen LogP contribution in [0.15, 0.2) is 126 Å². The number of aliphatic imine (C=N–C) groups is 1. The van der Waals surface area contributed by atoms with Gasteiger partial charge in [0.15, 0.2) is 0 Å². The van der Waals surface area contributed by atoms with Crippen LogP contribution in [0.1, 0.15) is 66.3 Å². The quantitative estimate of drug-likeness (QED) is 0.162. The molecule has 8 rings (SSSR count). The zero-order valence-electron chi connectivity index (χ0n) is 28.3. The first kappa shape index (κ1) is 32.7. The molecule has 49 heavy (non-hydrogen) atoms. The average molecular weight is 819 g/mol. The maximum Gasteiger partial charge on any atom is 2.00 e. The molecule has 0 amide bonds. The Morgan fingerprint density at radius 1 is 0.714 bits per heavy atom. The van der Waals surface area contributed by atoms with E-state index in [9.17, 15) is 0 Å². The van der Waals surface area contributed by atoms with Gasteiger partial charge in [-0.05, 0) is 56.5 Å². The number of rotatable bonds is 5. The van der Waals surface area contributed by atoms with Gasteiger partial charge >= 0.3 is 21.1 Å². The van der Waals surface area contributed by atoms with Gasteiger partial charge in [-0.1, -0.05) is 130 Å². The molecular formula is C44H37N3OPt. The summed E-state index contributed by atoms with van der Waals surface area (Å²) in [5, 5.41) is 2.31. The molecule has 0 saturated carbocycles. The molecule has 0 fully saturated rings. The van der Waals surface area contributed by atoms with Crippen LogP contribution in [0.5, 0.6) is 0 Å². The van der Waals surface area contributed by atoms with E-state index in [4.69, 9.17) is 14.7 Å². The van der Waals surface area contributed by atoms with Crippen LogP contribution in [-0.2, 0) is 31.2 Å². The van der Waals surface area contributed by atoms with Gasteiger partial charge < -0.3 is 14.3 Å². The summed E-state index contributed by atoms with van der Waals surface area (Å²) >= 11 is 0. The molecule has 0 N–H and O–H groups in total. The predicted octanol–water partition coefficient (Wildman–Crippen LogP) is 10.6. The van der Waals surface area contributed by atoms with Crippen molar-refractivity contribution in [3.8, 4) is 16.9 Å². The fourth-order valence-electron chi connectivity index (χ4n) is 6.88. The van der Waals surface area contributed by atoms with Gasteiger partial charge in [0.1, 0.15) is 18.0 Å². The summed E-state index contributed by atoms with van der Waals surface area (Å²) in [7, 11) is 0. The second-order valence-electron chi connectivity index (χ2n) is 13.8. The van der Waals surface area contributed by atoms with Crippen molar-refractivity contribution in [3.63, 3.8) is 0 Å². The topological polar surface area (TPSA) is 39.4 Å². The van der Waals surface area contributed by atoms with Crippen molar-refractivity contribution in [1.29, 1.82) is 0 Å². The summed E-state index contributed by atoms with van der Waals surface area (Å²) in [6.45, 7) is 11.0. The number of ether oxygens (including phenoxy) is 1. The number of pyridine rings is 1. The predicted molar refractivity (Wildman–Crippen MR) is 196 cm³/mol. The summed E-state index contributed by atoms with van der Waals surface area (Å²) in [5.41, 5.74) is 11.5. The molecule has 5 heteroatoms. The smallest absolute Gasteiger partial charge is 0.510 e. The average Bonchev–Trinajstić information content (AvgIpc) is 3.69. The zero-order chi connectivity index (χ0) is 33.0. The normalized spacial score (nSPS) is 16.0. The molecule has 0 aliphatic carbocycles. The number of fused-ring (bicyclic) bond motifs is 3. The van der Waals surface area contributed by atoms with Crippen LogP contribution in [0.4, 0.5) is 0 Å². The van der Waals surface area contributed by atoms with Gasteiger partial charge in [0.05, 0.1) is 0 Å². The van der Waals surface area contributed by atoms with Crippen LogP contribution in [0, 0.1) is 26.0 Å². The van der Waals surface area contributed by atoms with Crippen molar-refractivity contribution in [2.45, 2.75) is 52.2 Å². The van der Waals surface area contributed by atoms with E-state index in [1.54, 1.807) is 0 Å². The Morgan fingerprint density at radius 2 is 1.41 bits per heavy atom. The van der Waals surface area contributed by atoms with Crippen LogP contribution in [0.3, 0.4) is 0 Å². The largest absolute Gasteiger partial charge is 2.00 e. The molecular weight excluding hydrogens is 782 g/mol. The van der Waals surface area contributed by atoms with Crippen molar-refractivity contribution < 1.29 is 25.8 Å². The van der Waals surface area contributed by atoms with E-state index in [0.29, 0.717) is 5.90 Å². The fraction of sp³-hybridized carbons (Fsp3) is 0.182. The van der Waals surface area contributed by atoms with E-state index >= 15 is 0 Å². The van der Waals surface area contributed by atoms with E-state index in [2.05, 4.69) is 154 Å². The maximum atomic E-state index is 6.78. The molecule has 0 radical (unpaired) electrons. The molecule has 2 aromatic heterocycles. The van der Waals surface area contributed by atoms with E-state index in [0.717, 1.165) is 61.2 Å². The third kappa shape index (κ3) is 5.93. The number of hydrogen-bond acceptors (Lipinski definition) is 3.